The van der Waals surface area contributed by atoms with E-state index < -0.39 is 17.7 Å². The molecule has 0 bridgehead atoms. The average molecular weight is 543 g/mol. The number of carbonyl (C=O) groups is 2. The normalized spacial score (nSPS) is 12.1. The number of aryl methyl sites for hydroxylation is 1. The van der Waals surface area contributed by atoms with Crippen LogP contribution in [0.1, 0.15) is 39.2 Å². The lowest BCUT2D eigenvalue weighted by Crippen LogP contribution is -2.49. The number of pyridine rings is 1. The number of nitrogens with zero attached hydrogens (tertiary/aromatic N) is 2. The van der Waals surface area contributed by atoms with Crippen LogP contribution in [0.3, 0.4) is 0 Å². The van der Waals surface area contributed by atoms with E-state index in [1.165, 1.54) is 0 Å². The highest BCUT2D eigenvalue weighted by molar-refractivity contribution is 6.31. The van der Waals surface area contributed by atoms with Crippen molar-refractivity contribution in [1.29, 1.82) is 0 Å². The molecule has 0 saturated carbocycles. The van der Waals surface area contributed by atoms with Crippen molar-refractivity contribution in [3.63, 3.8) is 0 Å². The summed E-state index contributed by atoms with van der Waals surface area (Å²) in [5.41, 5.74) is 12.8. The number of fused-ring (bicyclic) bond motifs is 2. The number of rotatable bonds is 10. The molecule has 0 aliphatic carbocycles. The van der Waals surface area contributed by atoms with E-state index in [1.807, 2.05) is 43.3 Å². The van der Waals surface area contributed by atoms with Gasteiger partial charge < -0.3 is 31.6 Å². The third-order valence-corrected chi connectivity index (χ3v) is 5.83. The summed E-state index contributed by atoms with van der Waals surface area (Å²) >= 11 is 6.12. The molecule has 0 unspecified atom stereocenters. The van der Waals surface area contributed by atoms with Gasteiger partial charge in [-0.15, -0.1) is 0 Å². The van der Waals surface area contributed by atoms with Gasteiger partial charge in [0.25, 0.3) is 0 Å². The van der Waals surface area contributed by atoms with Gasteiger partial charge in [0, 0.05) is 22.3 Å². The van der Waals surface area contributed by atoms with Crippen molar-refractivity contribution in [2.75, 3.05) is 19.7 Å². The summed E-state index contributed by atoms with van der Waals surface area (Å²) < 4.78 is 11.2. The summed E-state index contributed by atoms with van der Waals surface area (Å²) in [6.45, 7) is 8.10. The van der Waals surface area contributed by atoms with Crippen molar-refractivity contribution in [3.05, 3.63) is 47.0 Å². The van der Waals surface area contributed by atoms with Crippen LogP contribution in [0.5, 0.6) is 5.75 Å². The Morgan fingerprint density at radius 2 is 1.87 bits per heavy atom. The highest BCUT2D eigenvalue weighted by Crippen LogP contribution is 2.29. The van der Waals surface area contributed by atoms with Gasteiger partial charge in [-0.1, -0.05) is 17.7 Å². The fraction of sp³-hybridized carbons (Fsp3) is 0.407. The van der Waals surface area contributed by atoms with E-state index in [2.05, 4.69) is 15.6 Å². The number of alkyl carbamates (subject to hydrolysis) is 1. The maximum absolute atomic E-state index is 12.8. The lowest BCUT2D eigenvalue weighted by Gasteiger charge is -2.23. The Bertz CT molecular complexity index is 1330. The van der Waals surface area contributed by atoms with Crippen molar-refractivity contribution in [2.45, 2.75) is 52.2 Å². The quantitative estimate of drug-likeness (QED) is 0.131. The van der Waals surface area contributed by atoms with Crippen molar-refractivity contribution >= 4 is 51.4 Å². The Morgan fingerprint density at radius 1 is 1.11 bits per heavy atom. The minimum absolute atomic E-state index is 0.0273. The number of amides is 2. The average Bonchev–Trinajstić information content (AvgIpc) is 2.82. The number of carbonyl (C=O) groups excluding carboxylic acids is 2. The molecule has 3 rings (SSSR count). The first-order chi connectivity index (χ1) is 17.9. The topological polar surface area (TPSA) is 154 Å². The van der Waals surface area contributed by atoms with Crippen LogP contribution in [-0.2, 0) is 9.53 Å². The monoisotopic (exact) mass is 542 g/mol. The summed E-state index contributed by atoms with van der Waals surface area (Å²) in [6, 6.07) is 10.5. The SMILES string of the molecule is Cc1c2ccc(Cl)cc2nc2ccc(OCCNC(=O)[C@H](CCCN=C(N)N)NC(=O)OC(C)(C)C)cc12. The van der Waals surface area contributed by atoms with Gasteiger partial charge in [0.1, 0.15) is 24.0 Å². The summed E-state index contributed by atoms with van der Waals surface area (Å²) in [7, 11) is 0. The fourth-order valence-corrected chi connectivity index (χ4v) is 4.05. The highest BCUT2D eigenvalue weighted by atomic mass is 35.5. The van der Waals surface area contributed by atoms with Crippen LogP contribution in [0, 0.1) is 6.92 Å². The maximum atomic E-state index is 12.8. The van der Waals surface area contributed by atoms with Gasteiger partial charge in [-0.25, -0.2) is 9.78 Å². The second-order valence-electron chi connectivity index (χ2n) is 9.86. The maximum Gasteiger partial charge on any atom is 0.408 e. The van der Waals surface area contributed by atoms with E-state index in [0.29, 0.717) is 30.2 Å². The van der Waals surface area contributed by atoms with E-state index in [0.717, 1.165) is 27.4 Å². The second-order valence-corrected chi connectivity index (χ2v) is 10.3. The molecule has 0 fully saturated rings. The van der Waals surface area contributed by atoms with Crippen molar-refractivity contribution in [1.82, 2.24) is 15.6 Å². The molecule has 0 aliphatic heterocycles. The number of halogens is 1. The number of benzene rings is 2. The predicted octanol–water partition coefficient (Wildman–Crippen LogP) is 3.79. The van der Waals surface area contributed by atoms with E-state index >= 15 is 0 Å². The Morgan fingerprint density at radius 3 is 2.58 bits per heavy atom. The van der Waals surface area contributed by atoms with E-state index in [9.17, 15) is 9.59 Å². The summed E-state index contributed by atoms with van der Waals surface area (Å²) in [5.74, 6) is 0.277. The molecule has 1 atom stereocenters. The lowest BCUT2D eigenvalue weighted by atomic mass is 10.0. The van der Waals surface area contributed by atoms with Gasteiger partial charge >= 0.3 is 6.09 Å². The van der Waals surface area contributed by atoms with Gasteiger partial charge in [0.2, 0.25) is 5.91 Å². The van der Waals surface area contributed by atoms with Crippen LogP contribution in [-0.4, -0.2) is 54.3 Å². The molecule has 1 aromatic heterocycles. The van der Waals surface area contributed by atoms with Crippen molar-refractivity contribution in [2.24, 2.45) is 16.5 Å². The number of aromatic nitrogens is 1. The smallest absolute Gasteiger partial charge is 0.408 e. The number of hydrogen-bond acceptors (Lipinski definition) is 6. The van der Waals surface area contributed by atoms with Gasteiger partial charge in [-0.05, 0) is 76.4 Å². The van der Waals surface area contributed by atoms with Gasteiger partial charge in [0.05, 0.1) is 17.6 Å². The lowest BCUT2D eigenvalue weighted by molar-refractivity contribution is -0.123. The third-order valence-electron chi connectivity index (χ3n) is 5.60. The molecule has 11 heteroatoms. The molecule has 2 amide bonds. The Labute approximate surface area is 227 Å². The second kappa shape index (κ2) is 12.6. The Hall–Kier alpha value is -3.79. The van der Waals surface area contributed by atoms with Gasteiger partial charge in [-0.3, -0.25) is 9.79 Å². The van der Waals surface area contributed by atoms with Crippen LogP contribution in [0.25, 0.3) is 21.8 Å². The van der Waals surface area contributed by atoms with Crippen LogP contribution in [0.15, 0.2) is 41.4 Å². The number of nitrogens with two attached hydrogens (primary N) is 2. The molecule has 0 spiro atoms. The number of ether oxygens (including phenoxy) is 2. The number of hydrogen-bond donors (Lipinski definition) is 4. The van der Waals surface area contributed by atoms with E-state index in [1.54, 1.807) is 20.8 Å². The zero-order chi connectivity index (χ0) is 27.9. The van der Waals surface area contributed by atoms with Crippen LogP contribution in [0.2, 0.25) is 5.02 Å². The molecule has 6 N–H and O–H groups in total. The molecular formula is C27H35ClN6O4. The van der Waals surface area contributed by atoms with Crippen LogP contribution >= 0.6 is 11.6 Å². The molecular weight excluding hydrogens is 508 g/mol. The molecule has 0 saturated heterocycles. The predicted molar refractivity (Wildman–Crippen MR) is 151 cm³/mol. The number of nitrogens with one attached hydrogen (secondary N) is 2. The zero-order valence-corrected chi connectivity index (χ0v) is 22.9. The molecule has 38 heavy (non-hydrogen) atoms. The summed E-state index contributed by atoms with van der Waals surface area (Å²) in [6.07, 6.45) is 0.151. The van der Waals surface area contributed by atoms with Crippen LogP contribution < -0.4 is 26.8 Å². The standard InChI is InChI=1S/C27H35ClN6O4/c1-16-19-9-7-17(28)14-23(19)33-21-10-8-18(15-20(16)21)37-13-12-31-24(35)22(6-5-11-32-25(29)30)34-26(36)38-27(2,3)4/h7-10,14-15,22H,5-6,11-13H2,1-4H3,(H,31,35)(H,34,36)(H4,29,30,32)/t22-/m0/s1. The molecule has 2 aromatic carbocycles. The third kappa shape index (κ3) is 8.37. The fourth-order valence-electron chi connectivity index (χ4n) is 3.88. The molecule has 0 radical (unpaired) electrons. The molecule has 3 aromatic rings. The first kappa shape index (κ1) is 28.8. The first-order valence-electron chi connectivity index (χ1n) is 12.4. The van der Waals surface area contributed by atoms with E-state index in [4.69, 9.17) is 37.5 Å². The number of aliphatic imine (C=N–C) groups is 1. The summed E-state index contributed by atoms with van der Waals surface area (Å²) in [5, 5.41) is 8.07. The Kier molecular flexibility index (Phi) is 9.57. The van der Waals surface area contributed by atoms with E-state index in [-0.39, 0.29) is 25.0 Å². The van der Waals surface area contributed by atoms with Gasteiger partial charge in [0.15, 0.2) is 5.96 Å². The Balaban J connectivity index is 1.59. The van der Waals surface area contributed by atoms with Crippen LogP contribution in [0.4, 0.5) is 4.79 Å². The molecule has 0 aliphatic rings. The van der Waals surface area contributed by atoms with Crippen molar-refractivity contribution in [3.8, 4) is 5.75 Å². The minimum atomic E-state index is -0.810. The molecule has 10 nitrogen and oxygen atoms in total. The molecule has 1 heterocycles. The number of guanidine groups is 1. The first-order valence-corrected chi connectivity index (χ1v) is 12.8. The highest BCUT2D eigenvalue weighted by Gasteiger charge is 2.24. The van der Waals surface area contributed by atoms with Crippen molar-refractivity contribution < 1.29 is 19.1 Å². The minimum Gasteiger partial charge on any atom is -0.492 e. The van der Waals surface area contributed by atoms with Gasteiger partial charge in [-0.2, -0.15) is 0 Å². The summed E-state index contributed by atoms with van der Waals surface area (Å²) in [4.78, 5) is 33.7. The molecule has 204 valence electrons. The zero-order valence-electron chi connectivity index (χ0n) is 22.1. The largest absolute Gasteiger partial charge is 0.492 e.